The van der Waals surface area contributed by atoms with Crippen molar-refractivity contribution in [3.63, 3.8) is 0 Å². The molecule has 0 radical (unpaired) electrons. The Morgan fingerprint density at radius 1 is 1.21 bits per heavy atom. The van der Waals surface area contributed by atoms with Crippen LogP contribution < -0.4 is 5.32 Å². The second-order valence-corrected chi connectivity index (χ2v) is 6.82. The van der Waals surface area contributed by atoms with Crippen molar-refractivity contribution in [2.75, 3.05) is 13.2 Å². The van der Waals surface area contributed by atoms with E-state index in [2.05, 4.69) is 15.5 Å². The van der Waals surface area contributed by atoms with Gasteiger partial charge in [0.2, 0.25) is 0 Å². The number of aliphatic hydroxyl groups excluding tert-OH is 1. The molecule has 0 saturated carbocycles. The van der Waals surface area contributed by atoms with Gasteiger partial charge in [0.25, 0.3) is 5.91 Å². The number of aliphatic hydroxyl groups is 1. The summed E-state index contributed by atoms with van der Waals surface area (Å²) >= 11 is 6.04. The molecule has 1 aliphatic rings. The number of nitrogens with zero attached hydrogens (tertiary/aromatic N) is 4. The second kappa shape index (κ2) is 7.53. The summed E-state index contributed by atoms with van der Waals surface area (Å²) in [4.78, 5) is 17.2. The molecule has 3 aromatic rings. The van der Waals surface area contributed by atoms with Gasteiger partial charge in [0.1, 0.15) is 12.4 Å². The Morgan fingerprint density at radius 3 is 2.75 bits per heavy atom. The number of aliphatic imine (C=N–C) groups is 1. The van der Waals surface area contributed by atoms with Crippen LogP contribution >= 0.6 is 11.6 Å². The SMILES string of the molecule is Cc1nnc2n1-c1ccc(C(=O)NCCO)cc1C(c1ccc(Cl)cc1)=NC2. The van der Waals surface area contributed by atoms with Gasteiger partial charge in [0.15, 0.2) is 5.82 Å². The summed E-state index contributed by atoms with van der Waals surface area (Å²) in [5, 5.41) is 20.7. The van der Waals surface area contributed by atoms with Crippen molar-refractivity contribution in [1.29, 1.82) is 0 Å². The molecule has 0 saturated heterocycles. The normalized spacial score (nSPS) is 12.6. The predicted molar refractivity (Wildman–Crippen MR) is 106 cm³/mol. The van der Waals surface area contributed by atoms with Crippen LogP contribution in [-0.2, 0) is 6.54 Å². The van der Waals surface area contributed by atoms with E-state index in [0.717, 1.165) is 34.2 Å². The Hall–Kier alpha value is -3.03. The third-order valence-electron chi connectivity index (χ3n) is 4.54. The van der Waals surface area contributed by atoms with Gasteiger partial charge in [-0.15, -0.1) is 10.2 Å². The van der Waals surface area contributed by atoms with E-state index < -0.39 is 0 Å². The summed E-state index contributed by atoms with van der Waals surface area (Å²) in [6.07, 6.45) is 0. The van der Waals surface area contributed by atoms with Crippen LogP contribution in [0, 0.1) is 6.92 Å². The summed E-state index contributed by atoms with van der Waals surface area (Å²) in [6, 6.07) is 12.9. The van der Waals surface area contributed by atoms with Crippen molar-refractivity contribution in [2.24, 2.45) is 4.99 Å². The number of halogens is 1. The lowest BCUT2D eigenvalue weighted by molar-refractivity contribution is 0.0945. The molecule has 0 spiro atoms. The number of benzene rings is 2. The zero-order valence-electron chi connectivity index (χ0n) is 15.2. The number of fused-ring (bicyclic) bond motifs is 3. The summed E-state index contributed by atoms with van der Waals surface area (Å²) < 4.78 is 1.96. The van der Waals surface area contributed by atoms with Crippen LogP contribution in [0.3, 0.4) is 0 Å². The van der Waals surface area contributed by atoms with E-state index in [1.54, 1.807) is 6.07 Å². The van der Waals surface area contributed by atoms with Gasteiger partial charge in [-0.1, -0.05) is 23.7 Å². The first-order valence-corrected chi connectivity index (χ1v) is 9.21. The number of carbonyl (C=O) groups is 1. The van der Waals surface area contributed by atoms with E-state index in [9.17, 15) is 4.79 Å². The Labute approximate surface area is 166 Å². The average Bonchev–Trinajstić information content (AvgIpc) is 2.99. The highest BCUT2D eigenvalue weighted by atomic mass is 35.5. The van der Waals surface area contributed by atoms with Gasteiger partial charge in [0.05, 0.1) is 18.0 Å². The minimum Gasteiger partial charge on any atom is -0.395 e. The molecule has 28 heavy (non-hydrogen) atoms. The lowest BCUT2D eigenvalue weighted by atomic mass is 9.98. The van der Waals surface area contributed by atoms with Crippen LogP contribution in [0.1, 0.15) is 33.1 Å². The number of carbonyl (C=O) groups excluding carboxylic acids is 1. The highest BCUT2D eigenvalue weighted by Crippen LogP contribution is 2.27. The fourth-order valence-corrected chi connectivity index (χ4v) is 3.37. The first-order valence-electron chi connectivity index (χ1n) is 8.83. The molecule has 0 fully saturated rings. The van der Waals surface area contributed by atoms with Gasteiger partial charge in [-0.25, -0.2) is 0 Å². The molecule has 2 N–H and O–H groups in total. The zero-order chi connectivity index (χ0) is 19.7. The van der Waals surface area contributed by atoms with Crippen molar-refractivity contribution in [1.82, 2.24) is 20.1 Å². The van der Waals surface area contributed by atoms with Gasteiger partial charge >= 0.3 is 0 Å². The monoisotopic (exact) mass is 395 g/mol. The summed E-state index contributed by atoms with van der Waals surface area (Å²) in [5.74, 6) is 1.23. The van der Waals surface area contributed by atoms with Crippen molar-refractivity contribution in [3.8, 4) is 5.69 Å². The Kier molecular flexibility index (Phi) is 4.93. The number of amides is 1. The van der Waals surface area contributed by atoms with Crippen molar-refractivity contribution < 1.29 is 9.90 Å². The highest BCUT2D eigenvalue weighted by molar-refractivity contribution is 6.30. The largest absolute Gasteiger partial charge is 0.395 e. The number of hydrogen-bond donors (Lipinski definition) is 2. The fraction of sp³-hybridized carbons (Fsp3) is 0.200. The molecule has 7 nitrogen and oxygen atoms in total. The van der Waals surface area contributed by atoms with Crippen molar-refractivity contribution in [3.05, 3.63) is 75.8 Å². The molecule has 0 atom stereocenters. The van der Waals surface area contributed by atoms with E-state index >= 15 is 0 Å². The molecule has 2 aromatic carbocycles. The maximum absolute atomic E-state index is 12.4. The van der Waals surface area contributed by atoms with E-state index in [-0.39, 0.29) is 19.1 Å². The molecule has 142 valence electrons. The second-order valence-electron chi connectivity index (χ2n) is 6.38. The van der Waals surface area contributed by atoms with Gasteiger partial charge < -0.3 is 10.4 Å². The summed E-state index contributed by atoms with van der Waals surface area (Å²) in [7, 11) is 0. The lowest BCUT2D eigenvalue weighted by Crippen LogP contribution is -2.26. The fourth-order valence-electron chi connectivity index (χ4n) is 3.24. The number of aromatic nitrogens is 3. The van der Waals surface area contributed by atoms with Crippen molar-refractivity contribution in [2.45, 2.75) is 13.5 Å². The molecule has 4 rings (SSSR count). The first kappa shape index (κ1) is 18.3. The molecular weight excluding hydrogens is 378 g/mol. The van der Waals surface area contributed by atoms with E-state index in [1.165, 1.54) is 0 Å². The zero-order valence-corrected chi connectivity index (χ0v) is 15.9. The van der Waals surface area contributed by atoms with Crippen LogP contribution in [0.15, 0.2) is 47.5 Å². The first-order chi connectivity index (χ1) is 13.6. The maximum Gasteiger partial charge on any atom is 0.251 e. The molecule has 1 aromatic heterocycles. The predicted octanol–water partition coefficient (Wildman–Crippen LogP) is 2.30. The molecule has 2 heterocycles. The topological polar surface area (TPSA) is 92.4 Å². The third kappa shape index (κ3) is 3.30. The van der Waals surface area contributed by atoms with Crippen LogP contribution in [-0.4, -0.2) is 44.6 Å². The minimum atomic E-state index is -0.253. The Morgan fingerprint density at radius 2 is 2.00 bits per heavy atom. The molecule has 1 aliphatic heterocycles. The number of hydrogen-bond acceptors (Lipinski definition) is 5. The molecule has 0 bridgehead atoms. The third-order valence-corrected chi connectivity index (χ3v) is 4.79. The smallest absolute Gasteiger partial charge is 0.251 e. The van der Waals surface area contributed by atoms with Gasteiger partial charge in [-0.3, -0.25) is 14.4 Å². The van der Waals surface area contributed by atoms with E-state index in [4.69, 9.17) is 21.7 Å². The lowest BCUT2D eigenvalue weighted by Gasteiger charge is -2.14. The average molecular weight is 396 g/mol. The van der Waals surface area contributed by atoms with Crippen LogP contribution in [0.5, 0.6) is 0 Å². The van der Waals surface area contributed by atoms with Crippen LogP contribution in [0.2, 0.25) is 5.02 Å². The van der Waals surface area contributed by atoms with Gasteiger partial charge in [-0.2, -0.15) is 0 Å². The van der Waals surface area contributed by atoms with E-state index in [0.29, 0.717) is 17.1 Å². The van der Waals surface area contributed by atoms with Gasteiger partial charge in [0, 0.05) is 28.3 Å². The van der Waals surface area contributed by atoms with Crippen molar-refractivity contribution >= 4 is 23.2 Å². The minimum absolute atomic E-state index is 0.114. The number of rotatable bonds is 4. The summed E-state index contributed by atoms with van der Waals surface area (Å²) in [6.45, 7) is 2.34. The van der Waals surface area contributed by atoms with Crippen LogP contribution in [0.4, 0.5) is 0 Å². The number of aryl methyl sites for hydroxylation is 1. The van der Waals surface area contributed by atoms with Crippen LogP contribution in [0.25, 0.3) is 5.69 Å². The molecule has 1 amide bonds. The quantitative estimate of drug-likeness (QED) is 0.709. The molecule has 0 aliphatic carbocycles. The number of nitrogens with one attached hydrogen (secondary N) is 1. The Balaban J connectivity index is 1.88. The maximum atomic E-state index is 12.4. The molecule has 8 heteroatoms. The summed E-state index contributed by atoms with van der Waals surface area (Å²) in [5.41, 5.74) is 3.81. The van der Waals surface area contributed by atoms with E-state index in [1.807, 2.05) is 47.9 Å². The highest BCUT2D eigenvalue weighted by Gasteiger charge is 2.23. The van der Waals surface area contributed by atoms with Gasteiger partial charge in [-0.05, 0) is 37.3 Å². The standard InChI is InChI=1S/C20H18ClN5O2/c1-12-24-25-18-11-23-19(13-2-5-15(21)6-3-13)16-10-14(20(28)22-8-9-27)4-7-17(16)26(12)18/h2-7,10,27H,8-9,11H2,1H3,(H,22,28). The molecule has 0 unspecified atom stereocenters. The Bertz CT molecular complexity index is 1070. The molecular formula is C20H18ClN5O2.